The molecule has 0 bridgehead atoms. The van der Waals surface area contributed by atoms with Gasteiger partial charge in [-0.2, -0.15) is 0 Å². The highest BCUT2D eigenvalue weighted by Gasteiger charge is 2.18. The van der Waals surface area contributed by atoms with E-state index in [0.717, 1.165) is 69.7 Å². The molecule has 2 heterocycles. The van der Waals surface area contributed by atoms with E-state index < -0.39 is 0 Å². The van der Waals surface area contributed by atoms with Crippen LogP contribution in [0, 0.1) is 12.7 Å². The maximum atomic E-state index is 13.9. The molecule has 1 saturated heterocycles. The molecule has 2 N–H and O–H groups in total. The number of piperazine rings is 1. The Bertz CT molecular complexity index is 841. The van der Waals surface area contributed by atoms with Gasteiger partial charge >= 0.3 is 0 Å². The van der Waals surface area contributed by atoms with Gasteiger partial charge in [0.1, 0.15) is 5.82 Å². The van der Waals surface area contributed by atoms with Gasteiger partial charge in [-0.15, -0.1) is 24.0 Å². The number of nitrogens with zero attached hydrogens (tertiary/aromatic N) is 5. The number of nitrogens with one attached hydrogen (secondary N) is 2. The summed E-state index contributed by atoms with van der Waals surface area (Å²) in [4.78, 5) is 18.1. The van der Waals surface area contributed by atoms with Crippen LogP contribution in [0.1, 0.15) is 37.4 Å². The Balaban J connectivity index is 0.00000363. The molecule has 1 atom stereocenters. The number of guanidine groups is 1. The summed E-state index contributed by atoms with van der Waals surface area (Å²) in [7, 11) is 0. The topological polar surface area (TPSA) is 68.7 Å². The number of aryl methyl sites for hydroxylation is 1. The number of hydrogen-bond donors (Lipinski definition) is 2. The fraction of sp³-hybridized carbons (Fsp3) is 0.522. The summed E-state index contributed by atoms with van der Waals surface area (Å²) < 4.78 is 13.9. The third-order valence-corrected chi connectivity index (χ3v) is 5.50. The van der Waals surface area contributed by atoms with Crippen LogP contribution in [0.4, 0.5) is 10.3 Å². The largest absolute Gasteiger partial charge is 0.357 e. The van der Waals surface area contributed by atoms with Crippen LogP contribution < -0.4 is 15.5 Å². The van der Waals surface area contributed by atoms with Crippen molar-refractivity contribution in [2.45, 2.75) is 33.2 Å². The summed E-state index contributed by atoms with van der Waals surface area (Å²) in [5.41, 5.74) is 1.57. The standard InChI is InChI=1S/C23H34FN7.HI/c1-4-25-22(29-19(3)20-8-7-18(2)21(24)17-20)26-11-6-12-30-13-15-31(16-14-30)23-27-9-5-10-28-23;/h5,7-10,17,19H,4,6,11-16H2,1-3H3,(H2,25,26,29);1H. The van der Waals surface area contributed by atoms with Gasteiger partial charge in [0.25, 0.3) is 0 Å². The molecule has 1 aliphatic rings. The van der Waals surface area contributed by atoms with Crippen molar-refractivity contribution in [1.82, 2.24) is 25.5 Å². The molecule has 7 nitrogen and oxygen atoms in total. The van der Waals surface area contributed by atoms with E-state index in [2.05, 4.69) is 30.4 Å². The number of halogens is 2. The maximum absolute atomic E-state index is 13.9. The van der Waals surface area contributed by atoms with Crippen LogP contribution >= 0.6 is 24.0 Å². The van der Waals surface area contributed by atoms with Crippen molar-refractivity contribution in [2.75, 3.05) is 50.7 Å². The second-order valence-corrected chi connectivity index (χ2v) is 7.87. The first-order valence-corrected chi connectivity index (χ1v) is 11.1. The number of aromatic nitrogens is 2. The van der Waals surface area contributed by atoms with Gasteiger partial charge in [0.05, 0.1) is 6.04 Å². The molecule has 0 saturated carbocycles. The number of rotatable bonds is 8. The van der Waals surface area contributed by atoms with Gasteiger partial charge in [-0.25, -0.2) is 14.4 Å². The Labute approximate surface area is 207 Å². The zero-order valence-corrected chi connectivity index (χ0v) is 21.6. The van der Waals surface area contributed by atoms with Gasteiger partial charge in [-0.05, 0) is 50.5 Å². The predicted molar refractivity (Wildman–Crippen MR) is 139 cm³/mol. The van der Waals surface area contributed by atoms with E-state index in [1.54, 1.807) is 25.4 Å². The van der Waals surface area contributed by atoms with Gasteiger partial charge in [0, 0.05) is 58.2 Å². The Morgan fingerprint density at radius 1 is 1.19 bits per heavy atom. The zero-order chi connectivity index (χ0) is 22.1. The molecule has 3 rings (SSSR count). The van der Waals surface area contributed by atoms with Crippen molar-refractivity contribution >= 4 is 35.9 Å². The summed E-state index contributed by atoms with van der Waals surface area (Å²) in [6.07, 6.45) is 4.57. The Morgan fingerprint density at radius 3 is 2.56 bits per heavy atom. The van der Waals surface area contributed by atoms with Crippen molar-refractivity contribution < 1.29 is 4.39 Å². The number of benzene rings is 1. The van der Waals surface area contributed by atoms with Gasteiger partial charge in [-0.3, -0.25) is 9.89 Å². The highest BCUT2D eigenvalue weighted by molar-refractivity contribution is 14.0. The SMILES string of the molecule is CCNC(=NCCCN1CCN(c2ncccn2)CC1)NC(C)c1ccc(C)c(F)c1.I. The highest BCUT2D eigenvalue weighted by atomic mass is 127. The lowest BCUT2D eigenvalue weighted by Crippen LogP contribution is -2.47. The molecule has 1 aromatic heterocycles. The molecule has 0 aliphatic carbocycles. The van der Waals surface area contributed by atoms with Crippen molar-refractivity contribution in [1.29, 1.82) is 0 Å². The predicted octanol–water partition coefficient (Wildman–Crippen LogP) is 3.37. The summed E-state index contributed by atoms with van der Waals surface area (Å²) >= 11 is 0. The lowest BCUT2D eigenvalue weighted by Gasteiger charge is -2.34. The van der Waals surface area contributed by atoms with Crippen LogP contribution in [-0.4, -0.2) is 66.6 Å². The van der Waals surface area contributed by atoms with E-state index in [1.807, 2.05) is 32.0 Å². The van der Waals surface area contributed by atoms with Gasteiger partial charge in [0.2, 0.25) is 5.95 Å². The normalized spacial score (nSPS) is 15.8. The average Bonchev–Trinajstić information content (AvgIpc) is 2.79. The number of aliphatic imine (C=N–C) groups is 1. The molecule has 176 valence electrons. The fourth-order valence-electron chi connectivity index (χ4n) is 3.60. The van der Waals surface area contributed by atoms with E-state index in [9.17, 15) is 4.39 Å². The highest BCUT2D eigenvalue weighted by Crippen LogP contribution is 2.16. The molecule has 1 aliphatic heterocycles. The summed E-state index contributed by atoms with van der Waals surface area (Å²) in [6, 6.07) is 7.19. The molecule has 2 aromatic rings. The minimum absolute atomic E-state index is 0. The van der Waals surface area contributed by atoms with E-state index in [1.165, 1.54) is 0 Å². The van der Waals surface area contributed by atoms with Crippen LogP contribution in [0.5, 0.6) is 0 Å². The lowest BCUT2D eigenvalue weighted by molar-refractivity contribution is 0.255. The smallest absolute Gasteiger partial charge is 0.225 e. The second-order valence-electron chi connectivity index (χ2n) is 7.87. The number of hydrogen-bond acceptors (Lipinski definition) is 5. The Hall–Kier alpha value is -2.01. The van der Waals surface area contributed by atoms with Crippen LogP contribution in [0.2, 0.25) is 0 Å². The maximum Gasteiger partial charge on any atom is 0.225 e. The molecule has 0 radical (unpaired) electrons. The van der Waals surface area contributed by atoms with Crippen LogP contribution in [0.25, 0.3) is 0 Å². The molecule has 1 fully saturated rings. The van der Waals surface area contributed by atoms with Gasteiger partial charge < -0.3 is 15.5 Å². The average molecular weight is 555 g/mol. The second kappa shape index (κ2) is 13.5. The molecular weight excluding hydrogens is 520 g/mol. The third-order valence-electron chi connectivity index (χ3n) is 5.50. The van der Waals surface area contributed by atoms with Crippen molar-refractivity contribution in [3.8, 4) is 0 Å². The van der Waals surface area contributed by atoms with Gasteiger partial charge in [-0.1, -0.05) is 12.1 Å². The Morgan fingerprint density at radius 2 is 1.91 bits per heavy atom. The van der Waals surface area contributed by atoms with E-state index in [0.29, 0.717) is 5.56 Å². The molecule has 0 spiro atoms. The van der Waals surface area contributed by atoms with Crippen LogP contribution in [0.15, 0.2) is 41.7 Å². The molecule has 1 unspecified atom stereocenters. The quantitative estimate of drug-likeness (QED) is 0.226. The fourth-order valence-corrected chi connectivity index (χ4v) is 3.60. The van der Waals surface area contributed by atoms with E-state index in [-0.39, 0.29) is 35.8 Å². The summed E-state index contributed by atoms with van der Waals surface area (Å²) in [6.45, 7) is 12.3. The summed E-state index contributed by atoms with van der Waals surface area (Å²) in [5, 5.41) is 6.66. The van der Waals surface area contributed by atoms with Crippen LogP contribution in [0.3, 0.4) is 0 Å². The molecule has 1 aromatic carbocycles. The van der Waals surface area contributed by atoms with E-state index in [4.69, 9.17) is 4.99 Å². The summed E-state index contributed by atoms with van der Waals surface area (Å²) in [5.74, 6) is 1.41. The van der Waals surface area contributed by atoms with Crippen molar-refractivity contribution in [2.24, 2.45) is 4.99 Å². The van der Waals surface area contributed by atoms with Gasteiger partial charge in [0.15, 0.2) is 5.96 Å². The zero-order valence-electron chi connectivity index (χ0n) is 19.2. The molecule has 32 heavy (non-hydrogen) atoms. The van der Waals surface area contributed by atoms with Crippen molar-refractivity contribution in [3.05, 3.63) is 53.6 Å². The molecule has 9 heteroatoms. The first-order valence-electron chi connectivity index (χ1n) is 11.1. The molecule has 0 amide bonds. The van der Waals surface area contributed by atoms with Crippen LogP contribution in [-0.2, 0) is 0 Å². The first kappa shape index (κ1) is 26.2. The lowest BCUT2D eigenvalue weighted by atomic mass is 10.1. The van der Waals surface area contributed by atoms with E-state index >= 15 is 0 Å². The monoisotopic (exact) mass is 555 g/mol. The minimum atomic E-state index is -0.174. The van der Waals surface area contributed by atoms with Crippen molar-refractivity contribution in [3.63, 3.8) is 0 Å². The first-order chi connectivity index (χ1) is 15.1. The Kier molecular flexibility index (Phi) is 11.1. The minimum Gasteiger partial charge on any atom is -0.357 e. The number of anilines is 1. The molecular formula is C23H35FIN7. The third kappa shape index (κ3) is 7.84.